The number of piperazine rings is 1. The molecule has 7 heteroatoms. The Labute approximate surface area is 170 Å². The zero-order valence-electron chi connectivity index (χ0n) is 16.8. The van der Waals surface area contributed by atoms with Crippen LogP contribution in [0.5, 0.6) is 0 Å². The zero-order valence-corrected chi connectivity index (χ0v) is 17.6. The Hall–Kier alpha value is -1.73. The van der Waals surface area contributed by atoms with E-state index in [1.54, 1.807) is 0 Å². The lowest BCUT2D eigenvalue weighted by atomic mass is 9.89. The SMILES string of the molecule is Cc1nc(N2CCN(CC(=O)NC3CC3)CC2)c2c3c(sc2n1)C[C@@H](C)CC3. The second-order valence-corrected chi connectivity index (χ2v) is 9.81. The van der Waals surface area contributed by atoms with Gasteiger partial charge >= 0.3 is 0 Å². The van der Waals surface area contributed by atoms with Crippen molar-refractivity contribution in [1.29, 1.82) is 0 Å². The predicted molar refractivity (Wildman–Crippen MR) is 113 cm³/mol. The monoisotopic (exact) mass is 399 g/mol. The van der Waals surface area contributed by atoms with Crippen LogP contribution in [0.1, 0.15) is 42.5 Å². The third kappa shape index (κ3) is 3.62. The minimum Gasteiger partial charge on any atom is -0.353 e. The van der Waals surface area contributed by atoms with E-state index in [9.17, 15) is 4.79 Å². The van der Waals surface area contributed by atoms with E-state index in [1.807, 2.05) is 18.3 Å². The first-order valence-electron chi connectivity index (χ1n) is 10.6. The maximum absolute atomic E-state index is 12.1. The third-order valence-electron chi connectivity index (χ3n) is 6.23. The number of aryl methyl sites for hydroxylation is 2. The van der Waals surface area contributed by atoms with Crippen molar-refractivity contribution in [3.8, 4) is 0 Å². The topological polar surface area (TPSA) is 61.4 Å². The fourth-order valence-electron chi connectivity index (χ4n) is 4.48. The van der Waals surface area contributed by atoms with E-state index in [2.05, 4.69) is 22.0 Å². The largest absolute Gasteiger partial charge is 0.353 e. The second-order valence-electron chi connectivity index (χ2n) is 8.73. The molecule has 5 rings (SSSR count). The highest BCUT2D eigenvalue weighted by molar-refractivity contribution is 7.19. The number of carbonyl (C=O) groups is 1. The van der Waals surface area contributed by atoms with E-state index in [0.29, 0.717) is 12.6 Å². The van der Waals surface area contributed by atoms with Crippen molar-refractivity contribution in [1.82, 2.24) is 20.2 Å². The molecule has 0 aromatic carbocycles. The summed E-state index contributed by atoms with van der Waals surface area (Å²) in [4.78, 5) is 29.1. The molecule has 28 heavy (non-hydrogen) atoms. The van der Waals surface area contributed by atoms with Crippen molar-refractivity contribution < 1.29 is 4.79 Å². The van der Waals surface area contributed by atoms with Crippen molar-refractivity contribution >= 4 is 33.3 Å². The molecule has 1 N–H and O–H groups in total. The molecule has 2 aromatic rings. The molecule has 3 aliphatic rings. The second kappa shape index (κ2) is 7.26. The molecule has 1 saturated carbocycles. The number of amides is 1. The first kappa shape index (κ1) is 18.3. The molecule has 6 nitrogen and oxygen atoms in total. The highest BCUT2D eigenvalue weighted by Crippen LogP contribution is 2.41. The Balaban J connectivity index is 1.34. The van der Waals surface area contributed by atoms with Gasteiger partial charge in [-0.1, -0.05) is 6.92 Å². The molecule has 1 saturated heterocycles. The smallest absolute Gasteiger partial charge is 0.234 e. The third-order valence-corrected chi connectivity index (χ3v) is 7.38. The minimum absolute atomic E-state index is 0.178. The Morgan fingerprint density at radius 3 is 2.71 bits per heavy atom. The molecule has 1 aliphatic heterocycles. The van der Waals surface area contributed by atoms with Crippen LogP contribution in [0.25, 0.3) is 10.2 Å². The van der Waals surface area contributed by atoms with E-state index in [4.69, 9.17) is 9.97 Å². The van der Waals surface area contributed by atoms with Gasteiger partial charge in [0.1, 0.15) is 16.5 Å². The van der Waals surface area contributed by atoms with Crippen LogP contribution in [0.4, 0.5) is 5.82 Å². The Bertz CT molecular complexity index is 898. The van der Waals surface area contributed by atoms with Crippen LogP contribution in [0.3, 0.4) is 0 Å². The number of carbonyl (C=O) groups excluding carboxylic acids is 1. The number of aromatic nitrogens is 2. The van der Waals surface area contributed by atoms with Crippen LogP contribution < -0.4 is 10.2 Å². The molecule has 2 aliphatic carbocycles. The van der Waals surface area contributed by atoms with Gasteiger partial charge in [-0.25, -0.2) is 9.97 Å². The summed E-state index contributed by atoms with van der Waals surface area (Å²) in [6.45, 7) is 8.53. The standard InChI is InChI=1S/C21H29N5OS/c1-13-3-6-16-17(11-13)28-21-19(16)20(22-14(2)23-21)26-9-7-25(8-10-26)12-18(27)24-15-4-5-15/h13,15H,3-12H2,1-2H3,(H,24,27)/t13-/m0/s1. The number of fused-ring (bicyclic) bond motifs is 3. The summed E-state index contributed by atoms with van der Waals surface area (Å²) in [5, 5.41) is 4.40. The van der Waals surface area contributed by atoms with Gasteiger partial charge in [-0.15, -0.1) is 11.3 Å². The summed E-state index contributed by atoms with van der Waals surface area (Å²) in [5.74, 6) is 2.93. The normalized spacial score (nSPS) is 23.1. The molecule has 1 amide bonds. The number of nitrogens with zero attached hydrogens (tertiary/aromatic N) is 4. The molecule has 2 aromatic heterocycles. The highest BCUT2D eigenvalue weighted by atomic mass is 32.1. The molecule has 3 heterocycles. The van der Waals surface area contributed by atoms with Gasteiger partial charge < -0.3 is 10.2 Å². The quantitative estimate of drug-likeness (QED) is 0.856. The van der Waals surface area contributed by atoms with Crippen LogP contribution in [-0.4, -0.2) is 59.5 Å². The predicted octanol–water partition coefficient (Wildman–Crippen LogP) is 2.53. The maximum atomic E-state index is 12.1. The van der Waals surface area contributed by atoms with Crippen molar-refractivity contribution in [2.75, 3.05) is 37.6 Å². The molecular formula is C21H29N5OS. The van der Waals surface area contributed by atoms with Gasteiger partial charge in [-0.05, 0) is 50.5 Å². The average molecular weight is 400 g/mol. The van der Waals surface area contributed by atoms with E-state index < -0.39 is 0 Å². The molecule has 0 unspecified atom stereocenters. The van der Waals surface area contributed by atoms with E-state index in [1.165, 1.54) is 28.7 Å². The molecule has 0 radical (unpaired) electrons. The van der Waals surface area contributed by atoms with Gasteiger partial charge in [0.2, 0.25) is 5.91 Å². The Morgan fingerprint density at radius 1 is 1.18 bits per heavy atom. The van der Waals surface area contributed by atoms with Crippen molar-refractivity contribution in [2.24, 2.45) is 5.92 Å². The number of anilines is 1. The molecule has 0 spiro atoms. The number of nitrogens with one attached hydrogen (secondary N) is 1. The number of hydrogen-bond donors (Lipinski definition) is 1. The highest BCUT2D eigenvalue weighted by Gasteiger charge is 2.28. The van der Waals surface area contributed by atoms with Gasteiger partial charge in [-0.2, -0.15) is 0 Å². The molecule has 0 bridgehead atoms. The van der Waals surface area contributed by atoms with Crippen LogP contribution in [0.15, 0.2) is 0 Å². The summed E-state index contributed by atoms with van der Waals surface area (Å²) in [6, 6.07) is 0.443. The maximum Gasteiger partial charge on any atom is 0.234 e. The lowest BCUT2D eigenvalue weighted by molar-refractivity contribution is -0.122. The summed E-state index contributed by atoms with van der Waals surface area (Å²) < 4.78 is 0. The zero-order chi connectivity index (χ0) is 19.3. The fourth-order valence-corrected chi connectivity index (χ4v) is 5.90. The number of rotatable bonds is 4. The average Bonchev–Trinajstić information content (AvgIpc) is 3.39. The summed E-state index contributed by atoms with van der Waals surface area (Å²) >= 11 is 1.88. The summed E-state index contributed by atoms with van der Waals surface area (Å²) in [7, 11) is 0. The lowest BCUT2D eigenvalue weighted by Gasteiger charge is -2.35. The van der Waals surface area contributed by atoms with Gasteiger partial charge in [-0.3, -0.25) is 9.69 Å². The van der Waals surface area contributed by atoms with Crippen LogP contribution in [0, 0.1) is 12.8 Å². The molecule has 1 atom stereocenters. The van der Waals surface area contributed by atoms with E-state index >= 15 is 0 Å². The van der Waals surface area contributed by atoms with Gasteiger partial charge in [0.05, 0.1) is 11.9 Å². The van der Waals surface area contributed by atoms with E-state index in [0.717, 1.165) is 67.8 Å². The fraction of sp³-hybridized carbons (Fsp3) is 0.667. The van der Waals surface area contributed by atoms with Crippen LogP contribution in [-0.2, 0) is 17.6 Å². The Kier molecular flexibility index (Phi) is 4.75. The van der Waals surface area contributed by atoms with Gasteiger partial charge in [0.25, 0.3) is 0 Å². The van der Waals surface area contributed by atoms with Gasteiger partial charge in [0, 0.05) is 37.1 Å². The first-order valence-corrected chi connectivity index (χ1v) is 11.4. The molecule has 2 fully saturated rings. The van der Waals surface area contributed by atoms with Crippen molar-refractivity contribution in [3.63, 3.8) is 0 Å². The van der Waals surface area contributed by atoms with Gasteiger partial charge in [0.15, 0.2) is 0 Å². The molecule has 150 valence electrons. The number of thiophene rings is 1. The van der Waals surface area contributed by atoms with E-state index in [-0.39, 0.29) is 5.91 Å². The summed E-state index contributed by atoms with van der Waals surface area (Å²) in [5.41, 5.74) is 1.50. The minimum atomic E-state index is 0.178. The first-order chi connectivity index (χ1) is 13.6. The lowest BCUT2D eigenvalue weighted by Crippen LogP contribution is -2.50. The van der Waals surface area contributed by atoms with Crippen LogP contribution >= 0.6 is 11.3 Å². The Morgan fingerprint density at radius 2 is 1.96 bits per heavy atom. The summed E-state index contributed by atoms with van der Waals surface area (Å²) in [6.07, 6.45) is 5.88. The molecular weight excluding hydrogens is 370 g/mol. The van der Waals surface area contributed by atoms with Crippen LogP contribution in [0.2, 0.25) is 0 Å². The van der Waals surface area contributed by atoms with Crippen molar-refractivity contribution in [3.05, 3.63) is 16.3 Å². The number of hydrogen-bond acceptors (Lipinski definition) is 6. The van der Waals surface area contributed by atoms with Crippen molar-refractivity contribution in [2.45, 2.75) is 52.0 Å².